The number of halogens is 8. The van der Waals surface area contributed by atoms with Crippen molar-refractivity contribution in [3.05, 3.63) is 82.6 Å². The first kappa shape index (κ1) is 37.4. The predicted octanol–water partition coefficient (Wildman–Crippen LogP) is 3.55. The highest BCUT2D eigenvalue weighted by atomic mass is 19.4. The molecule has 1 aromatic heterocycles. The molecule has 0 amide bonds. The number of carbonyl (C=O) groups is 2. The molecule has 0 radical (unpaired) electrons. The number of aromatic nitrogens is 3. The molecule has 1 saturated heterocycles. The summed E-state index contributed by atoms with van der Waals surface area (Å²) in [5.41, 5.74) is 8.91. The van der Waals surface area contributed by atoms with Gasteiger partial charge in [-0.25, -0.2) is 19.1 Å². The summed E-state index contributed by atoms with van der Waals surface area (Å²) in [5, 5.41) is 21.5. The Balaban J connectivity index is 0.000000440. The summed E-state index contributed by atoms with van der Waals surface area (Å²) in [7, 11) is 0. The van der Waals surface area contributed by atoms with E-state index in [-0.39, 0.29) is 18.7 Å². The third-order valence-electron chi connectivity index (χ3n) is 6.13. The lowest BCUT2D eigenvalue weighted by Gasteiger charge is -2.29. The zero-order valence-electron chi connectivity index (χ0n) is 23.7. The number of nitrogens with one attached hydrogen (secondary N) is 1. The summed E-state index contributed by atoms with van der Waals surface area (Å²) in [6.07, 6.45) is -10.7. The first-order chi connectivity index (χ1) is 21.4. The molecule has 2 aromatic carbocycles. The van der Waals surface area contributed by atoms with Gasteiger partial charge in [-0.3, -0.25) is 4.57 Å². The van der Waals surface area contributed by atoms with Crippen molar-refractivity contribution < 1.29 is 54.9 Å². The van der Waals surface area contributed by atoms with E-state index >= 15 is 0 Å². The number of carboxylic acid groups (broad SMARTS) is 2. The van der Waals surface area contributed by atoms with Gasteiger partial charge in [0.2, 0.25) is 0 Å². The molecule has 19 heteroatoms. The second kappa shape index (κ2) is 16.5. The van der Waals surface area contributed by atoms with Crippen molar-refractivity contribution in [3.8, 4) is 11.1 Å². The first-order valence-electron chi connectivity index (χ1n) is 13.0. The lowest BCUT2D eigenvalue weighted by molar-refractivity contribution is -0.193. The lowest BCUT2D eigenvalue weighted by Crippen LogP contribution is -2.43. The van der Waals surface area contributed by atoms with Gasteiger partial charge in [0.25, 0.3) is 6.08 Å². The Morgan fingerprint density at radius 2 is 1.30 bits per heavy atom. The summed E-state index contributed by atoms with van der Waals surface area (Å²) in [4.78, 5) is 32.6. The lowest BCUT2D eigenvalue weighted by atomic mass is 10.0. The third kappa shape index (κ3) is 11.6. The summed E-state index contributed by atoms with van der Waals surface area (Å²) >= 11 is 0. The highest BCUT2D eigenvalue weighted by Gasteiger charge is 2.38. The van der Waals surface area contributed by atoms with Crippen molar-refractivity contribution >= 4 is 17.6 Å². The smallest absolute Gasteiger partial charge is 0.475 e. The van der Waals surface area contributed by atoms with Crippen molar-refractivity contribution in [2.24, 2.45) is 5.73 Å². The zero-order valence-corrected chi connectivity index (χ0v) is 23.7. The van der Waals surface area contributed by atoms with Crippen LogP contribution in [0.1, 0.15) is 5.56 Å². The van der Waals surface area contributed by atoms with Gasteiger partial charge in [0, 0.05) is 44.0 Å². The SMILES string of the molecule is NCC(Cn1ncn(Cc2ccc(-c3ccc(N4CCNCC4)cc3)cc2)c1=O)=C(F)F.O=C(O)C(F)(F)F.O=C(O)C(F)(F)F. The molecule has 0 aliphatic carbocycles. The number of nitrogens with two attached hydrogens (primary N) is 1. The normalized spacial score (nSPS) is 13.1. The molecular weight excluding hydrogens is 640 g/mol. The summed E-state index contributed by atoms with van der Waals surface area (Å²) in [5.74, 6) is -5.51. The van der Waals surface area contributed by atoms with Gasteiger partial charge in [0.05, 0.1) is 13.1 Å². The van der Waals surface area contributed by atoms with Gasteiger partial charge in [-0.15, -0.1) is 0 Å². The number of anilines is 1. The molecule has 4 rings (SSSR count). The van der Waals surface area contributed by atoms with E-state index in [1.54, 1.807) is 0 Å². The van der Waals surface area contributed by atoms with Crippen molar-refractivity contribution in [2.75, 3.05) is 37.6 Å². The second-order valence-electron chi connectivity index (χ2n) is 9.35. The van der Waals surface area contributed by atoms with Crippen LogP contribution in [0.2, 0.25) is 0 Å². The van der Waals surface area contributed by atoms with Gasteiger partial charge in [-0.05, 0) is 28.8 Å². The quantitative estimate of drug-likeness (QED) is 0.277. The topological polar surface area (TPSA) is 156 Å². The Morgan fingerprint density at radius 3 is 1.72 bits per heavy atom. The minimum Gasteiger partial charge on any atom is -0.475 e. The molecule has 1 fully saturated rings. The number of piperazine rings is 1. The van der Waals surface area contributed by atoms with Crippen LogP contribution in [0.5, 0.6) is 0 Å². The van der Waals surface area contributed by atoms with Gasteiger partial charge in [0.15, 0.2) is 0 Å². The Morgan fingerprint density at radius 1 is 0.848 bits per heavy atom. The molecule has 252 valence electrons. The second-order valence-corrected chi connectivity index (χ2v) is 9.35. The van der Waals surface area contributed by atoms with Gasteiger partial charge in [0.1, 0.15) is 6.33 Å². The molecule has 1 aliphatic heterocycles. The molecule has 0 spiro atoms. The van der Waals surface area contributed by atoms with Crippen LogP contribution in [0, 0.1) is 0 Å². The van der Waals surface area contributed by atoms with E-state index in [4.69, 9.17) is 25.5 Å². The number of rotatable bonds is 7. The molecule has 11 nitrogen and oxygen atoms in total. The molecule has 1 aliphatic rings. The molecule has 0 unspecified atom stereocenters. The summed E-state index contributed by atoms with van der Waals surface area (Å²) < 4.78 is 91.5. The van der Waals surface area contributed by atoms with Crippen molar-refractivity contribution in [1.29, 1.82) is 0 Å². The standard InChI is InChI=1S/C23H26F2N6O.2C2HF3O2/c24-22(25)20(13-26)15-31-23(32)30(16-28-31)14-17-1-3-18(4-2-17)19-5-7-21(8-6-19)29-11-9-27-10-12-29;2*3-2(4,5)1(6)7/h1-8,16,27H,9-15,26H2;2*(H,6,7). The highest BCUT2D eigenvalue weighted by Crippen LogP contribution is 2.24. The van der Waals surface area contributed by atoms with Crippen LogP contribution in [0.25, 0.3) is 11.1 Å². The van der Waals surface area contributed by atoms with Crippen LogP contribution < -0.4 is 21.6 Å². The predicted molar refractivity (Wildman–Crippen MR) is 148 cm³/mol. The van der Waals surface area contributed by atoms with Crippen molar-refractivity contribution in [3.63, 3.8) is 0 Å². The summed E-state index contributed by atoms with van der Waals surface area (Å²) in [6, 6.07) is 16.5. The Bertz CT molecular complexity index is 1500. The molecule has 0 atom stereocenters. The Hall–Kier alpha value is -4.78. The maximum atomic E-state index is 12.8. The van der Waals surface area contributed by atoms with Gasteiger partial charge in [-0.2, -0.15) is 40.2 Å². The molecule has 0 saturated carbocycles. The van der Waals surface area contributed by atoms with E-state index in [2.05, 4.69) is 39.6 Å². The number of hydrogen-bond donors (Lipinski definition) is 4. The van der Waals surface area contributed by atoms with Crippen molar-refractivity contribution in [2.45, 2.75) is 25.4 Å². The molecule has 2 heterocycles. The Labute approximate surface area is 255 Å². The maximum Gasteiger partial charge on any atom is 0.490 e. The van der Waals surface area contributed by atoms with E-state index in [0.29, 0.717) is 6.54 Å². The molecular formula is C27H28F8N6O5. The fourth-order valence-electron chi connectivity index (χ4n) is 3.76. The van der Waals surface area contributed by atoms with Gasteiger partial charge in [-0.1, -0.05) is 36.4 Å². The maximum absolute atomic E-state index is 12.8. The fraction of sp³-hybridized carbons (Fsp3) is 0.333. The average Bonchev–Trinajstić information content (AvgIpc) is 3.34. The Kier molecular flexibility index (Phi) is 13.4. The highest BCUT2D eigenvalue weighted by molar-refractivity contribution is 5.73. The number of carboxylic acids is 2. The fourth-order valence-corrected chi connectivity index (χ4v) is 3.76. The minimum absolute atomic E-state index is 0.301. The van der Waals surface area contributed by atoms with Crippen LogP contribution in [0.4, 0.5) is 40.8 Å². The monoisotopic (exact) mass is 668 g/mol. The number of hydrogen-bond acceptors (Lipinski definition) is 7. The van der Waals surface area contributed by atoms with Crippen LogP contribution in [0.3, 0.4) is 0 Å². The molecule has 5 N–H and O–H groups in total. The van der Waals surface area contributed by atoms with Crippen LogP contribution in [-0.2, 0) is 22.7 Å². The number of nitrogens with zero attached hydrogens (tertiary/aromatic N) is 4. The number of alkyl halides is 6. The minimum atomic E-state index is -5.08. The molecule has 0 bridgehead atoms. The van der Waals surface area contributed by atoms with E-state index in [0.717, 1.165) is 47.6 Å². The number of aliphatic carboxylic acids is 2. The molecule has 46 heavy (non-hydrogen) atoms. The third-order valence-corrected chi connectivity index (χ3v) is 6.13. The van der Waals surface area contributed by atoms with E-state index in [1.165, 1.54) is 16.6 Å². The van der Waals surface area contributed by atoms with Crippen LogP contribution in [-0.4, -0.2) is 81.6 Å². The zero-order chi connectivity index (χ0) is 34.7. The largest absolute Gasteiger partial charge is 0.490 e. The summed E-state index contributed by atoms with van der Waals surface area (Å²) in [6.45, 7) is 3.70. The van der Waals surface area contributed by atoms with E-state index in [1.807, 2.05) is 24.3 Å². The first-order valence-corrected chi connectivity index (χ1v) is 13.0. The van der Waals surface area contributed by atoms with Crippen molar-refractivity contribution in [1.82, 2.24) is 19.7 Å². The molecule has 3 aromatic rings. The number of benzene rings is 2. The van der Waals surface area contributed by atoms with Gasteiger partial charge >= 0.3 is 30.0 Å². The van der Waals surface area contributed by atoms with Gasteiger partial charge < -0.3 is 26.2 Å². The van der Waals surface area contributed by atoms with E-state index in [9.17, 15) is 39.9 Å². The average molecular weight is 669 g/mol. The van der Waals surface area contributed by atoms with Crippen LogP contribution >= 0.6 is 0 Å². The van der Waals surface area contributed by atoms with Crippen LogP contribution in [0.15, 0.2) is 71.3 Å². The van der Waals surface area contributed by atoms with E-state index < -0.39 is 36.1 Å².